The van der Waals surface area contributed by atoms with Crippen LogP contribution in [0.15, 0.2) is 23.1 Å². The van der Waals surface area contributed by atoms with E-state index in [4.69, 9.17) is 5.11 Å². The highest BCUT2D eigenvalue weighted by molar-refractivity contribution is 7.89. The molecule has 24 heavy (non-hydrogen) atoms. The van der Waals surface area contributed by atoms with E-state index in [0.717, 1.165) is 32.5 Å². The fourth-order valence-electron chi connectivity index (χ4n) is 2.57. The third-order valence-electron chi connectivity index (χ3n) is 4.09. The molecular weight excluding hydrogens is 328 g/mol. The van der Waals surface area contributed by atoms with Crippen LogP contribution in [0.25, 0.3) is 0 Å². The lowest BCUT2D eigenvalue weighted by Crippen LogP contribution is -2.34. The molecule has 7 heteroatoms. The smallest absolute Gasteiger partial charge is 0.335 e. The molecule has 0 amide bonds. The van der Waals surface area contributed by atoms with Gasteiger partial charge in [-0.05, 0) is 64.0 Å². The minimum atomic E-state index is -3.73. The number of aryl methyl sites for hydroxylation is 1. The molecule has 1 atom stereocenters. The van der Waals surface area contributed by atoms with Crippen LogP contribution >= 0.6 is 0 Å². The normalized spacial score (nSPS) is 13.2. The number of rotatable bonds is 10. The van der Waals surface area contributed by atoms with Crippen LogP contribution in [-0.2, 0) is 10.0 Å². The van der Waals surface area contributed by atoms with Crippen LogP contribution in [0.3, 0.4) is 0 Å². The lowest BCUT2D eigenvalue weighted by Gasteiger charge is -2.20. The highest BCUT2D eigenvalue weighted by Gasteiger charge is 2.21. The van der Waals surface area contributed by atoms with Crippen LogP contribution < -0.4 is 4.72 Å². The van der Waals surface area contributed by atoms with E-state index in [9.17, 15) is 13.2 Å². The van der Waals surface area contributed by atoms with Crippen LogP contribution in [0.2, 0.25) is 0 Å². The molecule has 0 saturated carbocycles. The minimum absolute atomic E-state index is 0.0259. The van der Waals surface area contributed by atoms with Crippen LogP contribution in [0.4, 0.5) is 0 Å². The maximum absolute atomic E-state index is 12.5. The van der Waals surface area contributed by atoms with Crippen molar-refractivity contribution in [2.75, 3.05) is 19.6 Å². The summed E-state index contributed by atoms with van der Waals surface area (Å²) in [5.41, 5.74) is 0.498. The van der Waals surface area contributed by atoms with Crippen molar-refractivity contribution in [1.29, 1.82) is 0 Å². The van der Waals surface area contributed by atoms with Gasteiger partial charge in [-0.1, -0.05) is 19.9 Å². The van der Waals surface area contributed by atoms with Gasteiger partial charge in [-0.15, -0.1) is 0 Å². The number of nitrogens with zero attached hydrogens (tertiary/aromatic N) is 1. The van der Waals surface area contributed by atoms with Crippen LogP contribution in [0.5, 0.6) is 0 Å². The molecule has 136 valence electrons. The van der Waals surface area contributed by atoms with Crippen LogP contribution in [0, 0.1) is 6.92 Å². The summed E-state index contributed by atoms with van der Waals surface area (Å²) in [5.74, 6) is -1.14. The van der Waals surface area contributed by atoms with Gasteiger partial charge in [0.15, 0.2) is 0 Å². The summed E-state index contributed by atoms with van der Waals surface area (Å²) in [6, 6.07) is 3.93. The molecule has 0 spiro atoms. The zero-order valence-corrected chi connectivity index (χ0v) is 15.7. The first-order chi connectivity index (χ1) is 11.2. The van der Waals surface area contributed by atoms with Gasteiger partial charge in [0.2, 0.25) is 10.0 Å². The van der Waals surface area contributed by atoms with Crippen molar-refractivity contribution in [3.8, 4) is 0 Å². The van der Waals surface area contributed by atoms with Gasteiger partial charge in [-0.2, -0.15) is 0 Å². The maximum Gasteiger partial charge on any atom is 0.335 e. The SMILES string of the molecule is CCN(CC)CCC[C@@H](C)NS(=O)(=O)c1cc(C(=O)O)ccc1C. The van der Waals surface area contributed by atoms with E-state index in [-0.39, 0.29) is 16.5 Å². The summed E-state index contributed by atoms with van der Waals surface area (Å²) >= 11 is 0. The third kappa shape index (κ3) is 5.89. The maximum atomic E-state index is 12.5. The Morgan fingerprint density at radius 3 is 2.46 bits per heavy atom. The minimum Gasteiger partial charge on any atom is -0.478 e. The van der Waals surface area contributed by atoms with Gasteiger partial charge in [0, 0.05) is 6.04 Å². The van der Waals surface area contributed by atoms with E-state index in [1.54, 1.807) is 6.92 Å². The van der Waals surface area contributed by atoms with Gasteiger partial charge in [0.25, 0.3) is 0 Å². The van der Waals surface area contributed by atoms with Crippen molar-refractivity contribution in [1.82, 2.24) is 9.62 Å². The van der Waals surface area contributed by atoms with Crippen molar-refractivity contribution in [2.45, 2.75) is 51.5 Å². The largest absolute Gasteiger partial charge is 0.478 e. The van der Waals surface area contributed by atoms with Crippen molar-refractivity contribution < 1.29 is 18.3 Å². The summed E-state index contributed by atoms with van der Waals surface area (Å²) < 4.78 is 27.7. The second-order valence-electron chi connectivity index (χ2n) is 5.98. The van der Waals surface area contributed by atoms with Crippen LogP contribution in [0.1, 0.15) is 49.5 Å². The summed E-state index contributed by atoms with van der Waals surface area (Å²) in [6.45, 7) is 10.6. The van der Waals surface area contributed by atoms with Crippen molar-refractivity contribution in [3.05, 3.63) is 29.3 Å². The number of nitrogens with one attached hydrogen (secondary N) is 1. The van der Waals surface area contributed by atoms with Gasteiger partial charge < -0.3 is 10.0 Å². The molecule has 0 unspecified atom stereocenters. The van der Waals surface area contributed by atoms with Gasteiger partial charge in [0.1, 0.15) is 0 Å². The average molecular weight is 356 g/mol. The summed E-state index contributed by atoms with van der Waals surface area (Å²) in [6.07, 6.45) is 1.63. The van der Waals surface area contributed by atoms with Crippen molar-refractivity contribution in [3.63, 3.8) is 0 Å². The highest BCUT2D eigenvalue weighted by atomic mass is 32.2. The predicted octanol–water partition coefficient (Wildman–Crippen LogP) is 2.48. The van der Waals surface area contributed by atoms with E-state index in [0.29, 0.717) is 5.56 Å². The quantitative estimate of drug-likeness (QED) is 0.672. The monoisotopic (exact) mass is 356 g/mol. The molecule has 1 aromatic carbocycles. The average Bonchev–Trinajstić information content (AvgIpc) is 2.51. The summed E-state index contributed by atoms with van der Waals surface area (Å²) in [7, 11) is -3.73. The lowest BCUT2D eigenvalue weighted by molar-refractivity contribution is 0.0696. The highest BCUT2D eigenvalue weighted by Crippen LogP contribution is 2.18. The fourth-order valence-corrected chi connectivity index (χ4v) is 4.12. The molecule has 0 bridgehead atoms. The fraction of sp³-hybridized carbons (Fsp3) is 0.588. The van der Waals surface area contributed by atoms with Crippen molar-refractivity contribution in [2.24, 2.45) is 0 Å². The number of sulfonamides is 1. The molecule has 6 nitrogen and oxygen atoms in total. The van der Waals surface area contributed by atoms with Crippen LogP contribution in [-0.4, -0.2) is 50.1 Å². The predicted molar refractivity (Wildman–Crippen MR) is 94.9 cm³/mol. The van der Waals surface area contributed by atoms with E-state index in [1.807, 2.05) is 6.92 Å². The molecule has 0 aromatic heterocycles. The Bertz CT molecular complexity index is 655. The topological polar surface area (TPSA) is 86.7 Å². The zero-order valence-electron chi connectivity index (χ0n) is 14.9. The van der Waals surface area contributed by atoms with Gasteiger partial charge in [0.05, 0.1) is 10.5 Å². The number of benzene rings is 1. The second-order valence-corrected chi connectivity index (χ2v) is 7.66. The first-order valence-corrected chi connectivity index (χ1v) is 9.78. The van der Waals surface area contributed by atoms with Gasteiger partial charge >= 0.3 is 5.97 Å². The molecule has 0 fully saturated rings. The molecule has 0 heterocycles. The zero-order chi connectivity index (χ0) is 18.3. The Labute approximate surface area is 144 Å². The van der Waals surface area contributed by atoms with E-state index in [2.05, 4.69) is 23.5 Å². The Kier molecular flexibility index (Phi) is 7.86. The molecule has 0 aliphatic rings. The number of hydrogen-bond acceptors (Lipinski definition) is 4. The number of carboxylic acid groups (broad SMARTS) is 1. The van der Waals surface area contributed by atoms with E-state index < -0.39 is 16.0 Å². The molecular formula is C17H28N2O4S. The molecule has 2 N–H and O–H groups in total. The van der Waals surface area contributed by atoms with Gasteiger partial charge in [-0.25, -0.2) is 17.9 Å². The third-order valence-corrected chi connectivity index (χ3v) is 5.82. The Morgan fingerprint density at radius 2 is 1.92 bits per heavy atom. The molecule has 1 aromatic rings. The second kappa shape index (κ2) is 9.15. The van der Waals surface area contributed by atoms with Crippen molar-refractivity contribution >= 4 is 16.0 Å². The molecule has 0 saturated heterocycles. The molecule has 1 rings (SSSR count). The first-order valence-electron chi connectivity index (χ1n) is 8.29. The summed E-state index contributed by atoms with van der Waals surface area (Å²) in [5, 5.41) is 9.04. The summed E-state index contributed by atoms with van der Waals surface area (Å²) in [4.78, 5) is 13.4. The van der Waals surface area contributed by atoms with E-state index in [1.165, 1.54) is 18.2 Å². The Morgan fingerprint density at radius 1 is 1.29 bits per heavy atom. The van der Waals surface area contributed by atoms with Gasteiger partial charge in [-0.3, -0.25) is 0 Å². The number of carbonyl (C=O) groups is 1. The lowest BCUT2D eigenvalue weighted by atomic mass is 10.1. The molecule has 0 aliphatic heterocycles. The molecule has 0 radical (unpaired) electrons. The Balaban J connectivity index is 2.75. The number of aromatic carboxylic acids is 1. The number of carboxylic acids is 1. The Hall–Kier alpha value is -1.44. The standard InChI is InChI=1S/C17H28N2O4S/c1-5-19(6-2)11-7-8-14(4)18-24(22,23)16-12-15(17(20)21)10-9-13(16)3/h9-10,12,14,18H,5-8,11H2,1-4H3,(H,20,21)/t14-/m1/s1. The first kappa shape index (κ1) is 20.6. The van der Waals surface area contributed by atoms with E-state index >= 15 is 0 Å². The number of hydrogen-bond donors (Lipinski definition) is 2. The molecule has 0 aliphatic carbocycles.